The quantitative estimate of drug-likeness (QED) is 0.589. The summed E-state index contributed by atoms with van der Waals surface area (Å²) >= 11 is 7.43. The monoisotopic (exact) mass is 184 g/mol. The molecule has 56 valence electrons. The number of pyridine rings is 1. The van der Waals surface area contributed by atoms with Crippen molar-refractivity contribution in [3.63, 3.8) is 0 Å². The predicted octanol–water partition coefficient (Wildman–Crippen LogP) is 2.65. The van der Waals surface area contributed by atoms with E-state index < -0.39 is 0 Å². The number of thiazole rings is 1. The van der Waals surface area contributed by atoms with E-state index in [0.717, 1.165) is 15.2 Å². The third-order valence-corrected chi connectivity index (χ3v) is 2.58. The molecule has 2 nitrogen and oxygen atoms in total. The number of aryl methyl sites for hydroxylation is 1. The van der Waals surface area contributed by atoms with E-state index in [1.807, 2.05) is 13.0 Å². The molecular weight excluding hydrogens is 180 g/mol. The van der Waals surface area contributed by atoms with Gasteiger partial charge >= 0.3 is 0 Å². The summed E-state index contributed by atoms with van der Waals surface area (Å²) in [6, 6.07) is 1.92. The van der Waals surface area contributed by atoms with Crippen molar-refractivity contribution >= 4 is 33.2 Å². The Morgan fingerprint density at radius 1 is 1.55 bits per heavy atom. The van der Waals surface area contributed by atoms with E-state index in [1.54, 1.807) is 17.5 Å². The van der Waals surface area contributed by atoms with E-state index in [9.17, 15) is 0 Å². The van der Waals surface area contributed by atoms with Crippen molar-refractivity contribution in [3.8, 4) is 0 Å². The Hall–Kier alpha value is -0.670. The standard InChI is InChI=1S/C7H5ClN2S/c1-4-10-6-5(11-4)2-3-9-7(6)8/h2-3H,1H3. The molecule has 2 aromatic heterocycles. The van der Waals surface area contributed by atoms with Crippen molar-refractivity contribution in [1.29, 1.82) is 0 Å². The second kappa shape index (κ2) is 2.43. The summed E-state index contributed by atoms with van der Waals surface area (Å²) in [5.74, 6) is 0. The van der Waals surface area contributed by atoms with Crippen LogP contribution in [0.1, 0.15) is 5.01 Å². The van der Waals surface area contributed by atoms with Crippen molar-refractivity contribution < 1.29 is 0 Å². The van der Waals surface area contributed by atoms with Crippen LogP contribution in [0.25, 0.3) is 10.2 Å². The lowest BCUT2D eigenvalue weighted by Gasteiger charge is -1.87. The Morgan fingerprint density at radius 2 is 2.36 bits per heavy atom. The zero-order valence-electron chi connectivity index (χ0n) is 5.84. The van der Waals surface area contributed by atoms with Gasteiger partial charge in [-0.1, -0.05) is 11.6 Å². The molecule has 4 heteroatoms. The third-order valence-electron chi connectivity index (χ3n) is 1.37. The molecule has 0 saturated heterocycles. The van der Waals surface area contributed by atoms with Gasteiger partial charge in [-0.05, 0) is 13.0 Å². The van der Waals surface area contributed by atoms with Crippen LogP contribution in [0.3, 0.4) is 0 Å². The molecule has 0 aliphatic rings. The van der Waals surface area contributed by atoms with Crippen molar-refractivity contribution in [1.82, 2.24) is 9.97 Å². The minimum atomic E-state index is 0.492. The zero-order chi connectivity index (χ0) is 7.84. The molecule has 0 fully saturated rings. The molecule has 0 radical (unpaired) electrons. The lowest BCUT2D eigenvalue weighted by Crippen LogP contribution is -1.75. The Bertz CT molecular complexity index is 396. The Morgan fingerprint density at radius 3 is 3.09 bits per heavy atom. The highest BCUT2D eigenvalue weighted by molar-refractivity contribution is 7.18. The summed E-state index contributed by atoms with van der Waals surface area (Å²) in [7, 11) is 0. The Balaban J connectivity index is 2.90. The fourth-order valence-corrected chi connectivity index (χ4v) is 2.01. The Kier molecular flexibility index (Phi) is 1.55. The molecule has 11 heavy (non-hydrogen) atoms. The van der Waals surface area contributed by atoms with Gasteiger partial charge in [0.2, 0.25) is 0 Å². The number of nitrogens with zero attached hydrogens (tertiary/aromatic N) is 2. The van der Waals surface area contributed by atoms with Crippen LogP contribution in [0, 0.1) is 6.92 Å². The normalized spacial score (nSPS) is 10.7. The topological polar surface area (TPSA) is 25.8 Å². The maximum absolute atomic E-state index is 5.80. The molecule has 0 spiro atoms. The number of rotatable bonds is 0. The molecule has 0 atom stereocenters. The summed E-state index contributed by atoms with van der Waals surface area (Å²) in [6.07, 6.45) is 1.70. The zero-order valence-corrected chi connectivity index (χ0v) is 7.41. The minimum Gasteiger partial charge on any atom is -0.242 e. The third kappa shape index (κ3) is 1.10. The first-order valence-corrected chi connectivity index (χ1v) is 4.34. The van der Waals surface area contributed by atoms with Gasteiger partial charge < -0.3 is 0 Å². The first-order valence-electron chi connectivity index (χ1n) is 3.15. The highest BCUT2D eigenvalue weighted by Crippen LogP contribution is 2.25. The molecule has 2 rings (SSSR count). The van der Waals surface area contributed by atoms with Gasteiger partial charge in [0, 0.05) is 6.20 Å². The van der Waals surface area contributed by atoms with E-state index >= 15 is 0 Å². The Labute approximate surface area is 72.9 Å². The summed E-state index contributed by atoms with van der Waals surface area (Å²) < 4.78 is 1.10. The minimum absolute atomic E-state index is 0.492. The number of hydrogen-bond donors (Lipinski definition) is 0. The largest absolute Gasteiger partial charge is 0.242 e. The molecule has 0 aliphatic carbocycles. The molecule has 0 amide bonds. The molecule has 0 aliphatic heterocycles. The summed E-state index contributed by atoms with van der Waals surface area (Å²) in [4.78, 5) is 8.17. The van der Waals surface area contributed by atoms with Gasteiger partial charge in [-0.15, -0.1) is 11.3 Å². The van der Waals surface area contributed by atoms with E-state index in [1.165, 1.54) is 0 Å². The van der Waals surface area contributed by atoms with Crippen molar-refractivity contribution in [2.45, 2.75) is 6.92 Å². The fourth-order valence-electron chi connectivity index (χ4n) is 0.935. The maximum atomic E-state index is 5.80. The number of halogens is 1. The second-order valence-electron chi connectivity index (χ2n) is 2.18. The van der Waals surface area contributed by atoms with Gasteiger partial charge in [0.05, 0.1) is 9.71 Å². The number of aromatic nitrogens is 2. The smallest absolute Gasteiger partial charge is 0.156 e. The first-order chi connectivity index (χ1) is 5.27. The molecular formula is C7H5ClN2S. The maximum Gasteiger partial charge on any atom is 0.156 e. The van der Waals surface area contributed by atoms with Gasteiger partial charge in [0.25, 0.3) is 0 Å². The molecule has 0 unspecified atom stereocenters. The lowest BCUT2D eigenvalue weighted by molar-refractivity contribution is 1.30. The lowest BCUT2D eigenvalue weighted by atomic mass is 10.4. The van der Waals surface area contributed by atoms with Gasteiger partial charge in [-0.25, -0.2) is 9.97 Å². The summed E-state index contributed by atoms with van der Waals surface area (Å²) in [6.45, 7) is 1.96. The van der Waals surface area contributed by atoms with Gasteiger partial charge in [-0.3, -0.25) is 0 Å². The van der Waals surface area contributed by atoms with Crippen LogP contribution < -0.4 is 0 Å². The summed E-state index contributed by atoms with van der Waals surface area (Å²) in [5, 5.41) is 1.52. The average Bonchev–Trinajstić information content (AvgIpc) is 2.31. The van der Waals surface area contributed by atoms with Crippen LogP contribution in [-0.4, -0.2) is 9.97 Å². The van der Waals surface area contributed by atoms with Crippen molar-refractivity contribution in [3.05, 3.63) is 22.4 Å². The molecule has 2 aromatic rings. The van der Waals surface area contributed by atoms with E-state index in [2.05, 4.69) is 9.97 Å². The summed E-state index contributed by atoms with van der Waals surface area (Å²) in [5.41, 5.74) is 0.816. The molecule has 0 aromatic carbocycles. The SMILES string of the molecule is Cc1nc2c(Cl)nccc2s1. The van der Waals surface area contributed by atoms with Crippen LogP contribution >= 0.6 is 22.9 Å². The molecule has 2 heterocycles. The fraction of sp³-hybridized carbons (Fsp3) is 0.143. The van der Waals surface area contributed by atoms with E-state index in [4.69, 9.17) is 11.6 Å². The van der Waals surface area contributed by atoms with Crippen LogP contribution in [0.15, 0.2) is 12.3 Å². The number of hydrogen-bond acceptors (Lipinski definition) is 3. The van der Waals surface area contributed by atoms with Crippen LogP contribution in [0.5, 0.6) is 0 Å². The predicted molar refractivity (Wildman–Crippen MR) is 47.2 cm³/mol. The first kappa shape index (κ1) is 7.00. The number of fused-ring (bicyclic) bond motifs is 1. The van der Waals surface area contributed by atoms with E-state index in [0.29, 0.717) is 5.15 Å². The molecule has 0 N–H and O–H groups in total. The van der Waals surface area contributed by atoms with Crippen LogP contribution in [0.2, 0.25) is 5.15 Å². The van der Waals surface area contributed by atoms with Gasteiger partial charge in [0.1, 0.15) is 5.52 Å². The van der Waals surface area contributed by atoms with Crippen LogP contribution in [0.4, 0.5) is 0 Å². The highest BCUT2D eigenvalue weighted by atomic mass is 35.5. The van der Waals surface area contributed by atoms with Crippen molar-refractivity contribution in [2.24, 2.45) is 0 Å². The van der Waals surface area contributed by atoms with Gasteiger partial charge in [0.15, 0.2) is 5.15 Å². The molecule has 0 saturated carbocycles. The van der Waals surface area contributed by atoms with Crippen LogP contribution in [-0.2, 0) is 0 Å². The van der Waals surface area contributed by atoms with Gasteiger partial charge in [-0.2, -0.15) is 0 Å². The second-order valence-corrected chi connectivity index (χ2v) is 3.77. The molecule has 0 bridgehead atoms. The van der Waals surface area contributed by atoms with Crippen molar-refractivity contribution in [2.75, 3.05) is 0 Å². The average molecular weight is 185 g/mol. The highest BCUT2D eigenvalue weighted by Gasteiger charge is 2.03. The van der Waals surface area contributed by atoms with E-state index in [-0.39, 0.29) is 0 Å².